The maximum Gasteiger partial charge on any atom is 0.0991 e. The van der Waals surface area contributed by atoms with Crippen molar-refractivity contribution in [2.75, 3.05) is 0 Å². The van der Waals surface area contributed by atoms with E-state index in [0.29, 0.717) is 5.56 Å². The summed E-state index contributed by atoms with van der Waals surface area (Å²) >= 11 is 5.05. The van der Waals surface area contributed by atoms with Gasteiger partial charge in [-0.3, -0.25) is 0 Å². The van der Waals surface area contributed by atoms with E-state index < -0.39 is 0 Å². The second-order valence-electron chi connectivity index (χ2n) is 3.65. The minimum Gasteiger partial charge on any atom is -0.392 e. The van der Waals surface area contributed by atoms with Crippen molar-refractivity contribution in [3.8, 4) is 6.07 Å². The normalized spacial score (nSPS) is 10.1. The molecular weight excluding hydrogens is 310 g/mol. The zero-order valence-corrected chi connectivity index (χ0v) is 11.8. The first-order valence-corrected chi connectivity index (χ1v) is 6.91. The maximum atomic E-state index is 9.09. The predicted octanol–water partition coefficient (Wildman–Crippen LogP) is 3.96. The van der Waals surface area contributed by atoms with Crippen molar-refractivity contribution < 1.29 is 5.11 Å². The third kappa shape index (κ3) is 3.14. The number of hydrogen-bond acceptors (Lipinski definition) is 3. The first-order valence-electron chi connectivity index (χ1n) is 5.30. The van der Waals surface area contributed by atoms with Crippen LogP contribution in [-0.2, 0) is 6.61 Å². The zero-order valence-electron chi connectivity index (χ0n) is 9.43. The summed E-state index contributed by atoms with van der Waals surface area (Å²) in [6.07, 6.45) is 0. The molecule has 0 amide bonds. The lowest BCUT2D eigenvalue weighted by atomic mass is 10.2. The minimum atomic E-state index is 0.0302. The molecule has 0 radical (unpaired) electrons. The van der Waals surface area contributed by atoms with Crippen LogP contribution < -0.4 is 0 Å². The van der Waals surface area contributed by atoms with E-state index in [1.807, 2.05) is 30.3 Å². The van der Waals surface area contributed by atoms with Gasteiger partial charge < -0.3 is 5.11 Å². The second kappa shape index (κ2) is 6.05. The Morgan fingerprint density at radius 3 is 2.33 bits per heavy atom. The van der Waals surface area contributed by atoms with E-state index in [2.05, 4.69) is 22.0 Å². The summed E-state index contributed by atoms with van der Waals surface area (Å²) in [6.45, 7) is 0.0302. The lowest BCUT2D eigenvalue weighted by molar-refractivity contribution is 0.281. The highest BCUT2D eigenvalue weighted by Gasteiger charge is 2.02. The van der Waals surface area contributed by atoms with E-state index in [1.54, 1.807) is 23.9 Å². The molecule has 0 atom stereocenters. The van der Waals surface area contributed by atoms with Crippen molar-refractivity contribution in [2.45, 2.75) is 16.4 Å². The summed E-state index contributed by atoms with van der Waals surface area (Å²) in [5.74, 6) is 0. The number of nitrogens with zero attached hydrogens (tertiary/aromatic N) is 1. The van der Waals surface area contributed by atoms with Crippen LogP contribution in [0.2, 0.25) is 0 Å². The molecule has 0 fully saturated rings. The Hall–Kier alpha value is -1.28. The van der Waals surface area contributed by atoms with Crippen molar-refractivity contribution in [2.24, 2.45) is 0 Å². The molecule has 0 heterocycles. The SMILES string of the molecule is N#Cc1ccc(Sc2ccc(CO)c(Br)c2)cc1. The van der Waals surface area contributed by atoms with E-state index >= 15 is 0 Å². The number of rotatable bonds is 3. The average molecular weight is 320 g/mol. The van der Waals surface area contributed by atoms with Gasteiger partial charge in [-0.05, 0) is 42.0 Å². The number of aliphatic hydroxyl groups is 1. The third-order valence-corrected chi connectivity index (χ3v) is 4.15. The van der Waals surface area contributed by atoms with Gasteiger partial charge in [0.15, 0.2) is 0 Å². The van der Waals surface area contributed by atoms with Gasteiger partial charge in [0.25, 0.3) is 0 Å². The average Bonchev–Trinajstić information content (AvgIpc) is 2.40. The van der Waals surface area contributed by atoms with Crippen molar-refractivity contribution in [1.82, 2.24) is 0 Å². The van der Waals surface area contributed by atoms with Crippen LogP contribution in [0.4, 0.5) is 0 Å². The Kier molecular flexibility index (Phi) is 4.43. The summed E-state index contributed by atoms with van der Waals surface area (Å²) in [5, 5.41) is 17.8. The Balaban J connectivity index is 2.18. The highest BCUT2D eigenvalue weighted by molar-refractivity contribution is 9.10. The minimum absolute atomic E-state index is 0.0302. The van der Waals surface area contributed by atoms with Crippen LogP contribution in [0.1, 0.15) is 11.1 Å². The molecule has 0 aliphatic rings. The van der Waals surface area contributed by atoms with Crippen LogP contribution in [0.15, 0.2) is 56.7 Å². The molecule has 4 heteroatoms. The smallest absolute Gasteiger partial charge is 0.0991 e. The van der Waals surface area contributed by atoms with Crippen LogP contribution in [-0.4, -0.2) is 5.11 Å². The van der Waals surface area contributed by atoms with Gasteiger partial charge in [0, 0.05) is 14.3 Å². The highest BCUT2D eigenvalue weighted by atomic mass is 79.9. The zero-order chi connectivity index (χ0) is 13.0. The fraction of sp³-hybridized carbons (Fsp3) is 0.0714. The van der Waals surface area contributed by atoms with Crippen LogP contribution in [0.25, 0.3) is 0 Å². The van der Waals surface area contributed by atoms with E-state index in [-0.39, 0.29) is 6.61 Å². The number of aliphatic hydroxyl groups excluding tert-OH is 1. The summed E-state index contributed by atoms with van der Waals surface area (Å²) < 4.78 is 0.906. The van der Waals surface area contributed by atoms with E-state index in [9.17, 15) is 0 Å². The summed E-state index contributed by atoms with van der Waals surface area (Å²) in [4.78, 5) is 2.17. The molecule has 0 aliphatic carbocycles. The van der Waals surface area contributed by atoms with E-state index in [1.165, 1.54) is 0 Å². The Bertz CT molecular complexity index is 590. The molecule has 18 heavy (non-hydrogen) atoms. The maximum absolute atomic E-state index is 9.09. The third-order valence-electron chi connectivity index (χ3n) is 2.41. The van der Waals surface area contributed by atoms with Crippen molar-refractivity contribution >= 4 is 27.7 Å². The largest absolute Gasteiger partial charge is 0.392 e. The molecule has 0 aromatic heterocycles. The van der Waals surface area contributed by atoms with Gasteiger partial charge in [0.2, 0.25) is 0 Å². The first kappa shape index (κ1) is 13.2. The molecule has 2 rings (SSSR count). The molecule has 0 aliphatic heterocycles. The molecule has 1 N–H and O–H groups in total. The van der Waals surface area contributed by atoms with Gasteiger partial charge in [0.05, 0.1) is 18.2 Å². The van der Waals surface area contributed by atoms with Gasteiger partial charge in [-0.2, -0.15) is 5.26 Å². The topological polar surface area (TPSA) is 44.0 Å². The van der Waals surface area contributed by atoms with Crippen LogP contribution in [0.3, 0.4) is 0 Å². The fourth-order valence-electron chi connectivity index (χ4n) is 1.45. The van der Waals surface area contributed by atoms with Gasteiger partial charge in [-0.25, -0.2) is 0 Å². The molecule has 0 unspecified atom stereocenters. The van der Waals surface area contributed by atoms with Gasteiger partial charge in [0.1, 0.15) is 0 Å². The molecule has 0 saturated carbocycles. The van der Waals surface area contributed by atoms with Gasteiger partial charge >= 0.3 is 0 Å². The van der Waals surface area contributed by atoms with Gasteiger partial charge in [-0.1, -0.05) is 33.8 Å². The van der Waals surface area contributed by atoms with Crippen molar-refractivity contribution in [1.29, 1.82) is 5.26 Å². The molecule has 0 bridgehead atoms. The molecule has 2 nitrogen and oxygen atoms in total. The predicted molar refractivity (Wildman–Crippen MR) is 75.3 cm³/mol. The van der Waals surface area contributed by atoms with Crippen LogP contribution in [0, 0.1) is 11.3 Å². The standard InChI is InChI=1S/C14H10BrNOS/c15-14-7-13(6-3-11(14)9-17)18-12-4-1-10(8-16)2-5-12/h1-7,17H,9H2. The first-order chi connectivity index (χ1) is 8.72. The Morgan fingerprint density at radius 1 is 1.11 bits per heavy atom. The molecule has 2 aromatic rings. The van der Waals surface area contributed by atoms with E-state index in [4.69, 9.17) is 10.4 Å². The summed E-state index contributed by atoms with van der Waals surface area (Å²) in [7, 11) is 0. The Labute approximate surface area is 118 Å². The number of hydrogen-bond donors (Lipinski definition) is 1. The Morgan fingerprint density at radius 2 is 1.78 bits per heavy atom. The monoisotopic (exact) mass is 319 g/mol. The lowest BCUT2D eigenvalue weighted by Crippen LogP contribution is -1.85. The summed E-state index contributed by atoms with van der Waals surface area (Å²) in [5.41, 5.74) is 1.54. The lowest BCUT2D eigenvalue weighted by Gasteiger charge is -2.05. The molecule has 0 spiro atoms. The van der Waals surface area contributed by atoms with E-state index in [0.717, 1.165) is 19.8 Å². The quantitative estimate of drug-likeness (QED) is 0.931. The van der Waals surface area contributed by atoms with Crippen molar-refractivity contribution in [3.63, 3.8) is 0 Å². The number of benzene rings is 2. The molecular formula is C14H10BrNOS. The molecule has 0 saturated heterocycles. The number of halogens is 1. The highest BCUT2D eigenvalue weighted by Crippen LogP contribution is 2.31. The van der Waals surface area contributed by atoms with Crippen molar-refractivity contribution in [3.05, 3.63) is 58.1 Å². The van der Waals surface area contributed by atoms with Gasteiger partial charge in [-0.15, -0.1) is 0 Å². The molecule has 90 valence electrons. The van der Waals surface area contributed by atoms with Crippen LogP contribution >= 0.6 is 27.7 Å². The fourth-order valence-corrected chi connectivity index (χ4v) is 2.97. The number of nitriles is 1. The van der Waals surface area contributed by atoms with Crippen LogP contribution in [0.5, 0.6) is 0 Å². The molecule has 2 aromatic carbocycles. The second-order valence-corrected chi connectivity index (χ2v) is 5.65. The summed E-state index contributed by atoms with van der Waals surface area (Å²) in [6, 6.07) is 15.4.